The van der Waals surface area contributed by atoms with Gasteiger partial charge in [-0.1, -0.05) is 51.0 Å². The molecule has 4 N–H and O–H groups in total. The number of rotatable bonds is 10. The highest BCUT2D eigenvalue weighted by atomic mass is 16.5. The molecule has 35 heavy (non-hydrogen) atoms. The van der Waals surface area contributed by atoms with Crippen LogP contribution in [0.1, 0.15) is 91.9 Å². The predicted molar refractivity (Wildman–Crippen MR) is 141 cm³/mol. The summed E-state index contributed by atoms with van der Waals surface area (Å²) >= 11 is 0. The van der Waals surface area contributed by atoms with Gasteiger partial charge in [0.15, 0.2) is 0 Å². The van der Waals surface area contributed by atoms with Gasteiger partial charge in [0.2, 0.25) is 0 Å². The maximum absolute atomic E-state index is 10.7. The molecule has 0 aromatic carbocycles. The first-order chi connectivity index (χ1) is 16.5. The normalized spacial score (nSPS) is 37.1. The highest BCUT2D eigenvalue weighted by Crippen LogP contribution is 2.60. The molecule has 3 aliphatic rings. The Morgan fingerprint density at radius 1 is 1.20 bits per heavy atom. The second-order valence-corrected chi connectivity index (χ2v) is 12.4. The number of aliphatic hydroxyl groups is 4. The molecule has 3 fully saturated rings. The molecule has 200 valence electrons. The topological polar surface area (TPSA) is 90.2 Å². The predicted octanol–water partition coefficient (Wildman–Crippen LogP) is 5.08. The van der Waals surface area contributed by atoms with E-state index in [9.17, 15) is 15.3 Å². The molecule has 3 aliphatic carbocycles. The van der Waals surface area contributed by atoms with E-state index in [0.29, 0.717) is 42.3 Å². The minimum atomic E-state index is -0.931. The average Bonchev–Trinajstić information content (AvgIpc) is 3.14. The third-order valence-electron chi connectivity index (χ3n) is 9.17. The molecule has 3 saturated carbocycles. The summed E-state index contributed by atoms with van der Waals surface area (Å²) in [6.07, 6.45) is 12.1. The molecule has 1 unspecified atom stereocenters. The number of allylic oxidation sites excluding steroid dienone is 3. The van der Waals surface area contributed by atoms with E-state index in [-0.39, 0.29) is 6.61 Å². The Hall–Kier alpha value is -0.980. The van der Waals surface area contributed by atoms with E-state index < -0.39 is 23.9 Å². The summed E-state index contributed by atoms with van der Waals surface area (Å²) in [6, 6.07) is 0. The van der Waals surface area contributed by atoms with Crippen LogP contribution in [0, 0.1) is 23.2 Å². The first-order valence-electron chi connectivity index (χ1n) is 13.9. The van der Waals surface area contributed by atoms with E-state index in [2.05, 4.69) is 32.6 Å². The number of hydrogen-bond donors (Lipinski definition) is 4. The van der Waals surface area contributed by atoms with Crippen LogP contribution in [0.4, 0.5) is 0 Å². The lowest BCUT2D eigenvalue weighted by atomic mass is 9.60. The minimum Gasteiger partial charge on any atom is -0.396 e. The molecular weight excluding hydrogens is 440 g/mol. The Morgan fingerprint density at radius 3 is 2.63 bits per heavy atom. The van der Waals surface area contributed by atoms with Crippen LogP contribution in [0.3, 0.4) is 0 Å². The van der Waals surface area contributed by atoms with E-state index >= 15 is 0 Å². The van der Waals surface area contributed by atoms with Gasteiger partial charge in [0, 0.05) is 19.6 Å². The van der Waals surface area contributed by atoms with E-state index in [1.165, 1.54) is 37.7 Å². The number of ether oxygens (including phenoxy) is 1. The third kappa shape index (κ3) is 6.87. The smallest absolute Gasteiger partial charge is 0.114 e. The van der Waals surface area contributed by atoms with Crippen molar-refractivity contribution in [2.75, 3.05) is 13.2 Å². The molecular formula is C30H50O5. The van der Waals surface area contributed by atoms with Gasteiger partial charge in [0.25, 0.3) is 0 Å². The standard InChI is InChI=1S/C30H50O5/c1-20(9-6-15-29(3,4)34)24-13-14-25-22(10-7-16-30(24,25)5)11-12-23-19-26(32)28(27(33)21(23)2)35-18-8-17-31/h11-12,20,24-28,31-34H,2,6-10,13-19H2,1,3-5H3/b22-11?,23-12-/t20-,24-,25?,26-,27+,28+,30-/m1/s1. The third-order valence-corrected chi connectivity index (χ3v) is 9.17. The van der Waals surface area contributed by atoms with Crippen LogP contribution in [-0.4, -0.2) is 57.6 Å². The summed E-state index contributed by atoms with van der Waals surface area (Å²) in [5.74, 6) is 1.98. The monoisotopic (exact) mass is 490 g/mol. The lowest BCUT2D eigenvalue weighted by Gasteiger charge is -2.44. The Balaban J connectivity index is 1.67. The van der Waals surface area contributed by atoms with Crippen LogP contribution in [0.2, 0.25) is 0 Å². The molecule has 0 heterocycles. The molecule has 0 aromatic rings. The van der Waals surface area contributed by atoms with Gasteiger partial charge in [-0.25, -0.2) is 0 Å². The first-order valence-corrected chi connectivity index (χ1v) is 13.9. The van der Waals surface area contributed by atoms with Gasteiger partial charge in [0.05, 0.1) is 11.7 Å². The fourth-order valence-electron chi connectivity index (χ4n) is 7.21. The summed E-state index contributed by atoms with van der Waals surface area (Å²) in [5.41, 5.74) is 2.79. The van der Waals surface area contributed by atoms with Crippen molar-refractivity contribution in [3.05, 3.63) is 35.5 Å². The van der Waals surface area contributed by atoms with Crippen LogP contribution in [0.5, 0.6) is 0 Å². The molecule has 0 amide bonds. The van der Waals surface area contributed by atoms with Crippen molar-refractivity contribution in [2.45, 2.75) is 116 Å². The zero-order valence-electron chi connectivity index (χ0n) is 22.5. The van der Waals surface area contributed by atoms with Gasteiger partial charge in [0.1, 0.15) is 12.2 Å². The van der Waals surface area contributed by atoms with Crippen molar-refractivity contribution in [2.24, 2.45) is 23.2 Å². The molecule has 0 bridgehead atoms. The quantitative estimate of drug-likeness (QED) is 0.321. The zero-order valence-corrected chi connectivity index (χ0v) is 22.5. The summed E-state index contributed by atoms with van der Waals surface area (Å²) in [5, 5.41) is 40.4. The molecule has 7 atom stereocenters. The summed E-state index contributed by atoms with van der Waals surface area (Å²) < 4.78 is 5.63. The molecule has 0 aliphatic heterocycles. The van der Waals surface area contributed by atoms with Gasteiger partial charge in [-0.2, -0.15) is 0 Å². The fraction of sp³-hybridized carbons (Fsp3) is 0.800. The lowest BCUT2D eigenvalue weighted by Crippen LogP contribution is -2.45. The second kappa shape index (κ2) is 12.0. The van der Waals surface area contributed by atoms with Crippen LogP contribution in [0.25, 0.3) is 0 Å². The van der Waals surface area contributed by atoms with Gasteiger partial charge in [-0.05, 0) is 93.1 Å². The first kappa shape index (κ1) is 28.6. The maximum atomic E-state index is 10.7. The van der Waals surface area contributed by atoms with Crippen molar-refractivity contribution in [3.8, 4) is 0 Å². The van der Waals surface area contributed by atoms with E-state index in [4.69, 9.17) is 9.84 Å². The zero-order chi connectivity index (χ0) is 25.8. The Morgan fingerprint density at radius 2 is 1.94 bits per heavy atom. The molecule has 0 saturated heterocycles. The van der Waals surface area contributed by atoms with E-state index in [1.807, 2.05) is 13.8 Å². The average molecular weight is 491 g/mol. The number of fused-ring (bicyclic) bond motifs is 1. The van der Waals surface area contributed by atoms with Crippen LogP contribution < -0.4 is 0 Å². The molecule has 5 heteroatoms. The largest absolute Gasteiger partial charge is 0.396 e. The van der Waals surface area contributed by atoms with E-state index in [0.717, 1.165) is 30.8 Å². The Kier molecular flexibility index (Phi) is 9.84. The highest BCUT2D eigenvalue weighted by Gasteiger charge is 2.50. The molecule has 5 nitrogen and oxygen atoms in total. The Bertz CT molecular complexity index is 778. The SMILES string of the molecule is C=C1/C(=C\C=C2CCC[C@@]3(C)C2CC[C@@H]3[C@H](C)CCCC(C)(C)O)C[C@@H](O)[C@H](OCCCO)[C@H]1O. The van der Waals surface area contributed by atoms with Crippen molar-refractivity contribution < 1.29 is 25.2 Å². The summed E-state index contributed by atoms with van der Waals surface area (Å²) in [7, 11) is 0. The van der Waals surface area contributed by atoms with Gasteiger partial charge < -0.3 is 25.2 Å². The minimum absolute atomic E-state index is 0.0269. The summed E-state index contributed by atoms with van der Waals surface area (Å²) in [6.45, 7) is 13.2. The van der Waals surface area contributed by atoms with Gasteiger partial charge in [-0.15, -0.1) is 0 Å². The fourth-order valence-corrected chi connectivity index (χ4v) is 7.21. The maximum Gasteiger partial charge on any atom is 0.114 e. The van der Waals surface area contributed by atoms with Crippen LogP contribution in [0.15, 0.2) is 35.5 Å². The molecule has 0 spiro atoms. The van der Waals surface area contributed by atoms with Gasteiger partial charge in [-0.3, -0.25) is 0 Å². The highest BCUT2D eigenvalue weighted by molar-refractivity contribution is 5.40. The van der Waals surface area contributed by atoms with Crippen LogP contribution in [-0.2, 0) is 4.74 Å². The van der Waals surface area contributed by atoms with Crippen molar-refractivity contribution in [3.63, 3.8) is 0 Å². The van der Waals surface area contributed by atoms with Crippen molar-refractivity contribution >= 4 is 0 Å². The Labute approximate surface area is 213 Å². The van der Waals surface area contributed by atoms with Gasteiger partial charge >= 0.3 is 0 Å². The van der Waals surface area contributed by atoms with Crippen molar-refractivity contribution in [1.29, 1.82) is 0 Å². The number of aliphatic hydroxyl groups excluding tert-OH is 3. The molecule has 0 aromatic heterocycles. The van der Waals surface area contributed by atoms with E-state index in [1.54, 1.807) is 0 Å². The van der Waals surface area contributed by atoms with Crippen molar-refractivity contribution in [1.82, 2.24) is 0 Å². The lowest BCUT2D eigenvalue weighted by molar-refractivity contribution is -0.0968. The molecule has 3 rings (SSSR count). The number of hydrogen-bond acceptors (Lipinski definition) is 5. The molecule has 0 radical (unpaired) electrons. The van der Waals surface area contributed by atoms with Crippen LogP contribution >= 0.6 is 0 Å². The summed E-state index contributed by atoms with van der Waals surface area (Å²) in [4.78, 5) is 0. The second-order valence-electron chi connectivity index (χ2n) is 12.4.